The minimum atomic E-state index is -3.76. The van der Waals surface area contributed by atoms with Crippen LogP contribution in [0.3, 0.4) is 0 Å². The van der Waals surface area contributed by atoms with E-state index in [-0.39, 0.29) is 18.1 Å². The Kier molecular flexibility index (Phi) is 42.7. The van der Waals surface area contributed by atoms with Gasteiger partial charge in [0.15, 0.2) is 0 Å². The Morgan fingerprint density at radius 1 is 0.310 bits per heavy atom. The zero-order valence-electron chi connectivity index (χ0n) is 36.0. The topological polar surface area (TPSA) is 145 Å². The molecule has 0 bridgehead atoms. The molecule has 0 radical (unpaired) electrons. The van der Waals surface area contributed by atoms with Crippen LogP contribution in [0.4, 0.5) is 0 Å². The van der Waals surface area contributed by atoms with E-state index in [9.17, 15) is 8.42 Å². The number of unbranched alkanes of at least 4 members (excludes halogenated alkanes) is 12. The summed E-state index contributed by atoms with van der Waals surface area (Å²) >= 11 is 0. The molecule has 342 valence electrons. The maximum Gasteiger partial charge on any atom is 0.297 e. The Morgan fingerprint density at radius 2 is 0.552 bits per heavy atom. The van der Waals surface area contributed by atoms with Gasteiger partial charge in [-0.05, 0) is 18.6 Å². The van der Waals surface area contributed by atoms with Gasteiger partial charge in [0.2, 0.25) is 0 Å². The summed E-state index contributed by atoms with van der Waals surface area (Å²) in [5, 5.41) is 0. The second kappa shape index (κ2) is 45.2. The van der Waals surface area contributed by atoms with Crippen molar-refractivity contribution in [1.82, 2.24) is 0 Å². The van der Waals surface area contributed by atoms with Crippen molar-refractivity contribution in [3.63, 3.8) is 0 Å². The molecule has 0 N–H and O–H groups in total. The van der Waals surface area contributed by atoms with Gasteiger partial charge in [0.1, 0.15) is 0 Å². The highest BCUT2D eigenvalue weighted by Gasteiger charge is 2.13. The predicted molar refractivity (Wildman–Crippen MR) is 224 cm³/mol. The van der Waals surface area contributed by atoms with E-state index in [0.717, 1.165) is 13.0 Å². The van der Waals surface area contributed by atoms with E-state index in [1.165, 1.54) is 89.2 Å². The number of hydrogen-bond acceptors (Lipinski definition) is 14. The highest BCUT2D eigenvalue weighted by Crippen LogP contribution is 2.13. The number of benzene rings is 1. The van der Waals surface area contributed by atoms with Crippen molar-refractivity contribution in [3.8, 4) is 0 Å². The highest BCUT2D eigenvalue weighted by molar-refractivity contribution is 7.86. The van der Waals surface area contributed by atoms with Crippen molar-refractivity contribution in [2.45, 2.75) is 95.3 Å². The third-order valence-electron chi connectivity index (χ3n) is 8.61. The number of rotatable bonds is 49. The summed E-state index contributed by atoms with van der Waals surface area (Å²) in [7, 11) is -3.76. The first-order chi connectivity index (χ1) is 28.7. The second-order valence-electron chi connectivity index (χ2n) is 13.6. The summed E-state index contributed by atoms with van der Waals surface area (Å²) in [6.45, 7) is 13.1. The van der Waals surface area contributed by atoms with Gasteiger partial charge >= 0.3 is 0 Å². The Labute approximate surface area is 351 Å². The molecule has 1 aromatic carbocycles. The van der Waals surface area contributed by atoms with Gasteiger partial charge in [0.25, 0.3) is 10.1 Å². The Hall–Kier alpha value is -1.31. The molecular weight excluding hydrogens is 773 g/mol. The summed E-state index contributed by atoms with van der Waals surface area (Å²) in [6, 6.07) is 7.99. The first-order valence-corrected chi connectivity index (χ1v) is 23.4. The minimum Gasteiger partial charge on any atom is -0.379 e. The zero-order chi connectivity index (χ0) is 41.6. The van der Waals surface area contributed by atoms with E-state index < -0.39 is 10.1 Å². The van der Waals surface area contributed by atoms with Crippen LogP contribution in [0.25, 0.3) is 0 Å². The summed E-state index contributed by atoms with van der Waals surface area (Å²) in [5.41, 5.74) is 0. The highest BCUT2D eigenvalue weighted by atomic mass is 32.2. The molecule has 0 unspecified atom stereocenters. The van der Waals surface area contributed by atoms with Gasteiger partial charge in [0.05, 0.1) is 150 Å². The fourth-order valence-electron chi connectivity index (χ4n) is 5.38. The average Bonchev–Trinajstić information content (AvgIpc) is 3.23. The summed E-state index contributed by atoms with van der Waals surface area (Å²) in [6.07, 6.45) is 17.7. The minimum absolute atomic E-state index is 0.0575. The van der Waals surface area contributed by atoms with E-state index in [0.29, 0.717) is 132 Å². The molecule has 0 aliphatic carbocycles. The van der Waals surface area contributed by atoms with Crippen molar-refractivity contribution in [3.05, 3.63) is 30.3 Å². The molecule has 0 fully saturated rings. The molecule has 0 heterocycles. The summed E-state index contributed by atoms with van der Waals surface area (Å²) < 4.78 is 89.5. The Balaban J connectivity index is 1.62. The van der Waals surface area contributed by atoms with Crippen molar-refractivity contribution >= 4 is 10.1 Å². The van der Waals surface area contributed by atoms with Crippen LogP contribution in [0.2, 0.25) is 0 Å². The van der Waals surface area contributed by atoms with Crippen molar-refractivity contribution in [2.24, 2.45) is 0 Å². The maximum atomic E-state index is 12.0. The van der Waals surface area contributed by atoms with Crippen LogP contribution in [0, 0.1) is 0 Å². The molecule has 0 atom stereocenters. The number of ether oxygens (including phenoxy) is 11. The molecular formula is C43H80O14S. The van der Waals surface area contributed by atoms with Crippen molar-refractivity contribution in [2.75, 3.05) is 152 Å². The standard InChI is InChI=1S/C43H80O14S/c1-2-3-4-5-6-7-8-9-10-11-12-13-17-20-46-21-22-47-23-24-48-25-26-49-27-28-50-29-30-51-31-32-52-33-34-53-35-36-54-37-38-55-39-40-56-41-42-57-58(44,45)43-18-15-14-16-19-43/h14-16,18-19H,2-13,17,20-42H2,1H3. The molecule has 14 nitrogen and oxygen atoms in total. The lowest BCUT2D eigenvalue weighted by molar-refractivity contribution is -0.0277. The van der Waals surface area contributed by atoms with Crippen LogP contribution >= 0.6 is 0 Å². The predicted octanol–water partition coefficient (Wildman–Crippen LogP) is 6.67. The van der Waals surface area contributed by atoms with Gasteiger partial charge in [0, 0.05) is 6.61 Å². The summed E-state index contributed by atoms with van der Waals surface area (Å²) in [5.74, 6) is 0. The zero-order valence-corrected chi connectivity index (χ0v) is 36.8. The Bertz CT molecular complexity index is 1040. The van der Waals surface area contributed by atoms with E-state index >= 15 is 0 Å². The SMILES string of the molecule is CCCCCCCCCCCCCCCOCCOCCOCCOCCOCCOCCOCCOCCOCCOCCOCCOS(=O)(=O)c1ccccc1. The van der Waals surface area contributed by atoms with Gasteiger partial charge < -0.3 is 52.1 Å². The lowest BCUT2D eigenvalue weighted by atomic mass is 10.0. The smallest absolute Gasteiger partial charge is 0.297 e. The molecule has 0 aliphatic heterocycles. The number of hydrogen-bond donors (Lipinski definition) is 0. The van der Waals surface area contributed by atoms with Crippen LogP contribution in [-0.2, 0) is 66.4 Å². The lowest BCUT2D eigenvalue weighted by Gasteiger charge is -2.09. The molecule has 0 saturated heterocycles. The van der Waals surface area contributed by atoms with Gasteiger partial charge in [-0.2, -0.15) is 8.42 Å². The quantitative estimate of drug-likeness (QED) is 0.0509. The van der Waals surface area contributed by atoms with Crippen LogP contribution < -0.4 is 0 Å². The van der Waals surface area contributed by atoms with Crippen LogP contribution in [-0.4, -0.2) is 160 Å². The third kappa shape index (κ3) is 40.1. The molecule has 0 spiro atoms. The molecule has 0 amide bonds. The molecule has 58 heavy (non-hydrogen) atoms. The molecule has 0 saturated carbocycles. The van der Waals surface area contributed by atoms with Crippen molar-refractivity contribution in [1.29, 1.82) is 0 Å². The lowest BCUT2D eigenvalue weighted by Crippen LogP contribution is -2.16. The van der Waals surface area contributed by atoms with E-state index in [1.54, 1.807) is 18.2 Å². The van der Waals surface area contributed by atoms with Gasteiger partial charge in [-0.1, -0.05) is 102 Å². The van der Waals surface area contributed by atoms with Crippen molar-refractivity contribution < 1.29 is 64.7 Å². The van der Waals surface area contributed by atoms with E-state index in [1.807, 2.05) is 0 Å². The van der Waals surface area contributed by atoms with Crippen LogP contribution in [0.15, 0.2) is 35.2 Å². The van der Waals surface area contributed by atoms with Gasteiger partial charge in [-0.3, -0.25) is 4.18 Å². The van der Waals surface area contributed by atoms with E-state index in [4.69, 9.17) is 56.3 Å². The molecule has 0 aromatic heterocycles. The van der Waals surface area contributed by atoms with E-state index in [2.05, 4.69) is 6.92 Å². The molecule has 0 aliphatic rings. The first kappa shape index (κ1) is 54.7. The monoisotopic (exact) mass is 853 g/mol. The third-order valence-corrected chi connectivity index (χ3v) is 9.94. The first-order valence-electron chi connectivity index (χ1n) is 22.0. The Morgan fingerprint density at radius 3 is 0.845 bits per heavy atom. The van der Waals surface area contributed by atoms with Gasteiger partial charge in [-0.25, -0.2) is 0 Å². The molecule has 1 rings (SSSR count). The fraction of sp³-hybridized carbons (Fsp3) is 0.860. The summed E-state index contributed by atoms with van der Waals surface area (Å²) in [4.78, 5) is 0.122. The normalized spacial score (nSPS) is 11.9. The van der Waals surface area contributed by atoms with Crippen LogP contribution in [0.1, 0.15) is 90.4 Å². The second-order valence-corrected chi connectivity index (χ2v) is 15.2. The van der Waals surface area contributed by atoms with Gasteiger partial charge in [-0.15, -0.1) is 0 Å². The average molecular weight is 853 g/mol. The largest absolute Gasteiger partial charge is 0.379 e. The fourth-order valence-corrected chi connectivity index (χ4v) is 6.29. The molecule has 15 heteroatoms. The molecule has 1 aromatic rings. The van der Waals surface area contributed by atoms with Crippen LogP contribution in [0.5, 0.6) is 0 Å². The maximum absolute atomic E-state index is 12.0.